The van der Waals surface area contributed by atoms with Crippen molar-refractivity contribution >= 4 is 6.09 Å². The summed E-state index contributed by atoms with van der Waals surface area (Å²) in [6, 6.07) is 20.4. The highest BCUT2D eigenvalue weighted by molar-refractivity contribution is 5.79. The smallest absolute Gasteiger partial charge is 0.407 e. The standard InChI is InChI=1S/C27H27NO4/c1-4-9-19-14-18(15-25(30-2)26(19)31-3)16-28-27(29)32-17-24-22-12-7-5-10-20(22)21-11-6-8-13-23(21)24/h4-8,10-15,24H,1,9,16-17H2,2-3H3,(H,28,29). The van der Waals surface area contributed by atoms with Crippen molar-refractivity contribution in [2.75, 3.05) is 20.8 Å². The van der Waals surface area contributed by atoms with Gasteiger partial charge in [-0.3, -0.25) is 0 Å². The number of carbonyl (C=O) groups is 1. The predicted octanol–water partition coefficient (Wildman–Crippen LogP) is 5.47. The fourth-order valence-electron chi connectivity index (χ4n) is 4.34. The highest BCUT2D eigenvalue weighted by atomic mass is 16.5. The summed E-state index contributed by atoms with van der Waals surface area (Å²) in [5.41, 5.74) is 6.64. The second-order valence-electron chi connectivity index (χ2n) is 7.66. The molecule has 3 aromatic carbocycles. The van der Waals surface area contributed by atoms with Gasteiger partial charge in [-0.2, -0.15) is 0 Å². The first-order chi connectivity index (χ1) is 15.7. The number of fused-ring (bicyclic) bond motifs is 3. The van der Waals surface area contributed by atoms with Gasteiger partial charge in [0.15, 0.2) is 11.5 Å². The molecule has 0 heterocycles. The lowest BCUT2D eigenvalue weighted by Crippen LogP contribution is -2.25. The molecule has 32 heavy (non-hydrogen) atoms. The van der Waals surface area contributed by atoms with Gasteiger partial charge < -0.3 is 19.5 Å². The summed E-state index contributed by atoms with van der Waals surface area (Å²) in [6.07, 6.45) is 1.99. The third-order valence-corrected chi connectivity index (χ3v) is 5.76. The first-order valence-corrected chi connectivity index (χ1v) is 10.6. The molecule has 1 aliphatic rings. The Hall–Kier alpha value is -3.73. The number of allylic oxidation sites excluding steroid dienone is 1. The largest absolute Gasteiger partial charge is 0.493 e. The van der Waals surface area contributed by atoms with Gasteiger partial charge in [-0.25, -0.2) is 4.79 Å². The van der Waals surface area contributed by atoms with Gasteiger partial charge in [0.1, 0.15) is 6.61 Å². The Labute approximate surface area is 188 Å². The van der Waals surface area contributed by atoms with Crippen LogP contribution in [0, 0.1) is 0 Å². The first kappa shape index (κ1) is 21.5. The number of methoxy groups -OCH3 is 2. The molecule has 4 rings (SSSR count). The maximum absolute atomic E-state index is 12.5. The number of benzene rings is 3. The van der Waals surface area contributed by atoms with Gasteiger partial charge in [0.05, 0.1) is 14.2 Å². The minimum absolute atomic E-state index is 0.0356. The molecule has 1 amide bonds. The van der Waals surface area contributed by atoms with Crippen molar-refractivity contribution in [3.05, 3.63) is 95.6 Å². The first-order valence-electron chi connectivity index (χ1n) is 10.6. The van der Waals surface area contributed by atoms with Crippen LogP contribution in [0.4, 0.5) is 4.79 Å². The van der Waals surface area contributed by atoms with E-state index in [1.54, 1.807) is 20.3 Å². The number of nitrogens with one attached hydrogen (secondary N) is 1. The molecule has 3 aromatic rings. The van der Waals surface area contributed by atoms with E-state index >= 15 is 0 Å². The van der Waals surface area contributed by atoms with E-state index in [2.05, 4.69) is 36.2 Å². The lowest BCUT2D eigenvalue weighted by atomic mass is 9.98. The quantitative estimate of drug-likeness (QED) is 0.483. The Bertz CT molecular complexity index is 1090. The molecule has 0 bridgehead atoms. The number of amides is 1. The maximum atomic E-state index is 12.5. The van der Waals surface area contributed by atoms with E-state index in [0.717, 1.165) is 11.1 Å². The van der Waals surface area contributed by atoms with Crippen LogP contribution in [0.3, 0.4) is 0 Å². The Morgan fingerprint density at radius 3 is 2.25 bits per heavy atom. The Morgan fingerprint density at radius 2 is 1.66 bits per heavy atom. The lowest BCUT2D eigenvalue weighted by Gasteiger charge is -2.16. The molecular formula is C27H27NO4. The fraction of sp³-hybridized carbons (Fsp3) is 0.222. The van der Waals surface area contributed by atoms with Gasteiger partial charge in [-0.1, -0.05) is 54.6 Å². The molecule has 164 valence electrons. The zero-order valence-electron chi connectivity index (χ0n) is 18.4. The molecule has 0 saturated carbocycles. The van der Waals surface area contributed by atoms with Crippen molar-refractivity contribution in [2.24, 2.45) is 0 Å². The summed E-state index contributed by atoms with van der Waals surface area (Å²) >= 11 is 0. The molecular weight excluding hydrogens is 402 g/mol. The van der Waals surface area contributed by atoms with Crippen LogP contribution in [0.2, 0.25) is 0 Å². The van der Waals surface area contributed by atoms with E-state index in [4.69, 9.17) is 14.2 Å². The van der Waals surface area contributed by atoms with Crippen molar-refractivity contribution < 1.29 is 19.0 Å². The fourth-order valence-corrected chi connectivity index (χ4v) is 4.34. The van der Waals surface area contributed by atoms with Gasteiger partial charge in [-0.05, 0) is 46.4 Å². The SMILES string of the molecule is C=CCc1cc(CNC(=O)OCC2c3ccccc3-c3ccccc32)cc(OC)c1OC. The summed E-state index contributed by atoms with van der Waals surface area (Å²) in [5.74, 6) is 1.34. The van der Waals surface area contributed by atoms with Crippen LogP contribution in [0.15, 0.2) is 73.3 Å². The van der Waals surface area contributed by atoms with Gasteiger partial charge in [-0.15, -0.1) is 6.58 Å². The average Bonchev–Trinajstić information content (AvgIpc) is 3.15. The van der Waals surface area contributed by atoms with Crippen molar-refractivity contribution in [3.63, 3.8) is 0 Å². The summed E-state index contributed by atoms with van der Waals surface area (Å²) in [4.78, 5) is 12.5. The van der Waals surface area contributed by atoms with Crippen molar-refractivity contribution in [1.82, 2.24) is 5.32 Å². The van der Waals surface area contributed by atoms with Crippen LogP contribution in [0.5, 0.6) is 11.5 Å². The summed E-state index contributed by atoms with van der Waals surface area (Å²) in [5, 5.41) is 2.85. The second-order valence-corrected chi connectivity index (χ2v) is 7.66. The van der Waals surface area contributed by atoms with E-state index in [9.17, 15) is 4.79 Å². The normalized spacial score (nSPS) is 11.9. The highest BCUT2D eigenvalue weighted by Gasteiger charge is 2.29. The number of ether oxygens (including phenoxy) is 3. The average molecular weight is 430 g/mol. The molecule has 0 radical (unpaired) electrons. The Morgan fingerprint density at radius 1 is 1.00 bits per heavy atom. The lowest BCUT2D eigenvalue weighted by molar-refractivity contribution is 0.142. The number of hydrogen-bond acceptors (Lipinski definition) is 4. The van der Waals surface area contributed by atoms with Gasteiger partial charge in [0, 0.05) is 18.0 Å². The van der Waals surface area contributed by atoms with E-state index < -0.39 is 6.09 Å². The second kappa shape index (κ2) is 9.60. The Balaban J connectivity index is 1.42. The minimum atomic E-state index is -0.452. The molecule has 0 atom stereocenters. The predicted molar refractivity (Wildman–Crippen MR) is 125 cm³/mol. The minimum Gasteiger partial charge on any atom is -0.493 e. The monoisotopic (exact) mass is 429 g/mol. The molecule has 1 aliphatic carbocycles. The van der Waals surface area contributed by atoms with Gasteiger partial charge in [0.25, 0.3) is 0 Å². The molecule has 0 saturated heterocycles. The summed E-state index contributed by atoms with van der Waals surface area (Å²) in [7, 11) is 3.21. The van der Waals surface area contributed by atoms with Crippen molar-refractivity contribution in [3.8, 4) is 22.6 Å². The van der Waals surface area contributed by atoms with E-state index in [1.165, 1.54) is 22.3 Å². The van der Waals surface area contributed by atoms with Crippen molar-refractivity contribution in [2.45, 2.75) is 18.9 Å². The number of hydrogen-bond donors (Lipinski definition) is 1. The molecule has 0 unspecified atom stereocenters. The van der Waals surface area contributed by atoms with Crippen LogP contribution in [0.25, 0.3) is 11.1 Å². The molecule has 1 N–H and O–H groups in total. The molecule has 5 nitrogen and oxygen atoms in total. The molecule has 0 aromatic heterocycles. The molecule has 0 spiro atoms. The number of rotatable bonds is 8. The van der Waals surface area contributed by atoms with Gasteiger partial charge >= 0.3 is 6.09 Å². The Kier molecular flexibility index (Phi) is 6.45. The molecule has 0 aliphatic heterocycles. The molecule has 5 heteroatoms. The van der Waals surface area contributed by atoms with E-state index in [0.29, 0.717) is 24.5 Å². The maximum Gasteiger partial charge on any atom is 0.407 e. The molecule has 0 fully saturated rings. The zero-order chi connectivity index (χ0) is 22.5. The third kappa shape index (κ3) is 4.19. The van der Waals surface area contributed by atoms with E-state index in [1.807, 2.05) is 36.4 Å². The van der Waals surface area contributed by atoms with Crippen LogP contribution in [0.1, 0.15) is 28.2 Å². The van der Waals surface area contributed by atoms with E-state index in [-0.39, 0.29) is 12.5 Å². The van der Waals surface area contributed by atoms with Crippen LogP contribution in [-0.4, -0.2) is 26.9 Å². The summed E-state index contributed by atoms with van der Waals surface area (Å²) in [6.45, 7) is 4.40. The van der Waals surface area contributed by atoms with Crippen LogP contribution >= 0.6 is 0 Å². The summed E-state index contributed by atoms with van der Waals surface area (Å²) < 4.78 is 16.5. The number of carbonyl (C=O) groups excluding carboxylic acids is 1. The third-order valence-electron chi connectivity index (χ3n) is 5.76. The van der Waals surface area contributed by atoms with Crippen LogP contribution < -0.4 is 14.8 Å². The van der Waals surface area contributed by atoms with Crippen LogP contribution in [-0.2, 0) is 17.7 Å². The number of alkyl carbamates (subject to hydrolysis) is 1. The zero-order valence-corrected chi connectivity index (χ0v) is 18.4. The van der Waals surface area contributed by atoms with Gasteiger partial charge in [0.2, 0.25) is 0 Å². The van der Waals surface area contributed by atoms with Crippen molar-refractivity contribution in [1.29, 1.82) is 0 Å². The topological polar surface area (TPSA) is 56.8 Å². The highest BCUT2D eigenvalue weighted by Crippen LogP contribution is 2.44.